The van der Waals surface area contributed by atoms with Crippen LogP contribution < -0.4 is 21.1 Å². The van der Waals surface area contributed by atoms with Crippen molar-refractivity contribution in [1.82, 2.24) is 14.9 Å². The smallest absolute Gasteiger partial charge is 0.227 e. The zero-order valence-electron chi connectivity index (χ0n) is 20.2. The molecule has 1 aliphatic heterocycles. The molecule has 184 valence electrons. The third kappa shape index (κ3) is 6.83. The molecule has 4 rings (SSSR count). The second-order valence-corrected chi connectivity index (χ2v) is 8.61. The highest BCUT2D eigenvalue weighted by molar-refractivity contribution is 5.76. The number of nitrogen functional groups attached to an aromatic ring is 1. The number of aromatic nitrogens is 2. The zero-order valence-corrected chi connectivity index (χ0v) is 20.2. The van der Waals surface area contributed by atoms with Gasteiger partial charge in [0.25, 0.3) is 0 Å². The van der Waals surface area contributed by atoms with E-state index in [-0.39, 0.29) is 12.0 Å². The lowest BCUT2D eigenvalue weighted by Crippen LogP contribution is -2.26. The Morgan fingerprint density at radius 3 is 2.57 bits per heavy atom. The molecule has 1 aromatic heterocycles. The molecule has 0 radical (unpaired) electrons. The highest BCUT2D eigenvalue weighted by Gasteiger charge is 2.17. The van der Waals surface area contributed by atoms with Gasteiger partial charge in [0.2, 0.25) is 11.9 Å². The minimum atomic E-state index is 0.0936. The first kappa shape index (κ1) is 24.3. The zero-order chi connectivity index (χ0) is 24.6. The molecule has 0 unspecified atom stereocenters. The SMILES string of the molecule is CN(C)C(=O)CCNc1ccc(Nc2nccc(-c3ccc(OC4CCOCC4)c(N)c3)n2)cc1. The fourth-order valence-corrected chi connectivity index (χ4v) is 3.71. The summed E-state index contributed by atoms with van der Waals surface area (Å²) in [5, 5.41) is 6.48. The minimum Gasteiger partial charge on any atom is -0.488 e. The standard InChI is InChI=1S/C26H32N6O3/c1-32(2)25(33)10-14-28-19-4-6-20(7-5-19)30-26-29-13-9-23(31-26)18-3-8-24(22(27)17-18)35-21-11-15-34-16-12-21/h3-9,13,17,21,28H,10-12,14-16,27H2,1-2H3,(H,29,30,31). The lowest BCUT2D eigenvalue weighted by Gasteiger charge is -2.24. The van der Waals surface area contributed by atoms with Gasteiger partial charge in [0, 0.05) is 63.0 Å². The molecule has 0 aliphatic carbocycles. The third-order valence-corrected chi connectivity index (χ3v) is 5.73. The van der Waals surface area contributed by atoms with E-state index in [1.54, 1.807) is 25.2 Å². The quantitative estimate of drug-likeness (QED) is 0.398. The normalized spacial score (nSPS) is 13.8. The van der Waals surface area contributed by atoms with Crippen molar-refractivity contribution in [2.24, 2.45) is 0 Å². The van der Waals surface area contributed by atoms with Crippen molar-refractivity contribution in [2.45, 2.75) is 25.4 Å². The molecule has 0 atom stereocenters. The van der Waals surface area contributed by atoms with Crippen LogP contribution in [0.25, 0.3) is 11.3 Å². The van der Waals surface area contributed by atoms with Gasteiger partial charge in [-0.3, -0.25) is 4.79 Å². The average Bonchev–Trinajstić information content (AvgIpc) is 2.87. The summed E-state index contributed by atoms with van der Waals surface area (Å²) < 4.78 is 11.4. The lowest BCUT2D eigenvalue weighted by molar-refractivity contribution is -0.128. The molecule has 0 saturated carbocycles. The Labute approximate surface area is 205 Å². The van der Waals surface area contributed by atoms with Gasteiger partial charge in [-0.1, -0.05) is 0 Å². The molecule has 1 fully saturated rings. The Kier molecular flexibility index (Phi) is 7.99. The van der Waals surface area contributed by atoms with Gasteiger partial charge in [-0.2, -0.15) is 0 Å². The summed E-state index contributed by atoms with van der Waals surface area (Å²) in [6.45, 7) is 2.02. The molecule has 9 heteroatoms. The van der Waals surface area contributed by atoms with Gasteiger partial charge >= 0.3 is 0 Å². The maximum Gasteiger partial charge on any atom is 0.227 e. The first-order valence-electron chi connectivity index (χ1n) is 11.8. The van der Waals surface area contributed by atoms with Crippen LogP contribution in [0.5, 0.6) is 5.75 Å². The van der Waals surface area contributed by atoms with Gasteiger partial charge in [-0.25, -0.2) is 9.97 Å². The van der Waals surface area contributed by atoms with Crippen LogP contribution in [0.2, 0.25) is 0 Å². The predicted molar refractivity (Wildman–Crippen MR) is 138 cm³/mol. The number of anilines is 4. The summed E-state index contributed by atoms with van der Waals surface area (Å²) in [6, 6.07) is 15.3. The summed E-state index contributed by atoms with van der Waals surface area (Å²) >= 11 is 0. The van der Waals surface area contributed by atoms with E-state index in [1.807, 2.05) is 48.5 Å². The number of nitrogens with two attached hydrogens (primary N) is 1. The minimum absolute atomic E-state index is 0.0936. The van der Waals surface area contributed by atoms with E-state index in [4.69, 9.17) is 15.2 Å². The molecule has 0 bridgehead atoms. The van der Waals surface area contributed by atoms with Crippen LogP contribution in [0.4, 0.5) is 23.0 Å². The molecule has 0 spiro atoms. The summed E-state index contributed by atoms with van der Waals surface area (Å²) in [6.07, 6.45) is 4.03. The summed E-state index contributed by atoms with van der Waals surface area (Å²) in [5.41, 5.74) is 10.3. The van der Waals surface area contributed by atoms with E-state index < -0.39 is 0 Å². The van der Waals surface area contributed by atoms with E-state index in [9.17, 15) is 4.79 Å². The van der Waals surface area contributed by atoms with Crippen molar-refractivity contribution in [2.75, 3.05) is 50.2 Å². The van der Waals surface area contributed by atoms with E-state index in [0.717, 1.165) is 48.7 Å². The van der Waals surface area contributed by atoms with Gasteiger partial charge < -0.3 is 30.7 Å². The number of nitrogens with zero attached hydrogens (tertiary/aromatic N) is 3. The van der Waals surface area contributed by atoms with Gasteiger partial charge in [0.15, 0.2) is 0 Å². The number of hydrogen-bond acceptors (Lipinski definition) is 8. The highest BCUT2D eigenvalue weighted by atomic mass is 16.5. The average molecular weight is 477 g/mol. The molecule has 3 aromatic rings. The van der Waals surface area contributed by atoms with Gasteiger partial charge in [-0.15, -0.1) is 0 Å². The number of amides is 1. The number of ether oxygens (including phenoxy) is 2. The molecular formula is C26H32N6O3. The third-order valence-electron chi connectivity index (χ3n) is 5.73. The molecule has 9 nitrogen and oxygen atoms in total. The topological polar surface area (TPSA) is 115 Å². The van der Waals surface area contributed by atoms with E-state index in [2.05, 4.69) is 20.6 Å². The number of nitrogens with one attached hydrogen (secondary N) is 2. The van der Waals surface area contributed by atoms with Crippen LogP contribution in [-0.2, 0) is 9.53 Å². The number of hydrogen-bond donors (Lipinski definition) is 3. The van der Waals surface area contributed by atoms with E-state index >= 15 is 0 Å². The fourth-order valence-electron chi connectivity index (χ4n) is 3.71. The molecule has 2 aromatic carbocycles. The maximum absolute atomic E-state index is 11.7. The summed E-state index contributed by atoms with van der Waals surface area (Å²) in [4.78, 5) is 22.2. The monoisotopic (exact) mass is 476 g/mol. The first-order chi connectivity index (χ1) is 17.0. The fraction of sp³-hybridized carbons (Fsp3) is 0.346. The van der Waals surface area contributed by atoms with Crippen molar-refractivity contribution >= 4 is 28.9 Å². The predicted octanol–water partition coefficient (Wildman–Crippen LogP) is 3.92. The van der Waals surface area contributed by atoms with Crippen LogP contribution in [-0.4, -0.2) is 60.7 Å². The highest BCUT2D eigenvalue weighted by Crippen LogP contribution is 2.30. The molecule has 2 heterocycles. The van der Waals surface area contributed by atoms with Gasteiger partial charge in [-0.05, 0) is 48.5 Å². The van der Waals surface area contributed by atoms with Crippen LogP contribution in [0.15, 0.2) is 54.7 Å². The Bertz CT molecular complexity index is 1130. The van der Waals surface area contributed by atoms with Crippen LogP contribution >= 0.6 is 0 Å². The molecule has 4 N–H and O–H groups in total. The lowest BCUT2D eigenvalue weighted by atomic mass is 10.1. The van der Waals surface area contributed by atoms with Crippen molar-refractivity contribution in [1.29, 1.82) is 0 Å². The largest absolute Gasteiger partial charge is 0.488 e. The molecule has 1 aliphatic rings. The molecule has 1 amide bonds. The van der Waals surface area contributed by atoms with Crippen molar-refractivity contribution < 1.29 is 14.3 Å². The van der Waals surface area contributed by atoms with Crippen molar-refractivity contribution in [3.8, 4) is 17.0 Å². The summed E-state index contributed by atoms with van der Waals surface area (Å²) in [5.74, 6) is 1.27. The molecular weight excluding hydrogens is 444 g/mol. The number of benzene rings is 2. The Morgan fingerprint density at radius 2 is 1.86 bits per heavy atom. The number of carbonyl (C=O) groups excluding carboxylic acids is 1. The number of carbonyl (C=O) groups is 1. The second kappa shape index (κ2) is 11.5. The first-order valence-corrected chi connectivity index (χ1v) is 11.8. The van der Waals surface area contributed by atoms with Gasteiger partial charge in [0.05, 0.1) is 24.6 Å². The van der Waals surface area contributed by atoms with Crippen molar-refractivity contribution in [3.63, 3.8) is 0 Å². The van der Waals surface area contributed by atoms with E-state index in [1.165, 1.54) is 0 Å². The van der Waals surface area contributed by atoms with E-state index in [0.29, 0.717) is 30.4 Å². The van der Waals surface area contributed by atoms with Gasteiger partial charge in [0.1, 0.15) is 11.9 Å². The summed E-state index contributed by atoms with van der Waals surface area (Å²) in [7, 11) is 3.51. The second-order valence-electron chi connectivity index (χ2n) is 8.61. The number of rotatable bonds is 9. The van der Waals surface area contributed by atoms with Crippen LogP contribution in [0, 0.1) is 0 Å². The van der Waals surface area contributed by atoms with Crippen molar-refractivity contribution in [3.05, 3.63) is 54.7 Å². The van der Waals surface area contributed by atoms with Crippen LogP contribution in [0.3, 0.4) is 0 Å². The Hall–Kier alpha value is -3.85. The Morgan fingerprint density at radius 1 is 1.11 bits per heavy atom. The van der Waals surface area contributed by atoms with Crippen LogP contribution in [0.1, 0.15) is 19.3 Å². The Balaban J connectivity index is 1.36. The maximum atomic E-state index is 11.7. The molecule has 35 heavy (non-hydrogen) atoms. The molecule has 1 saturated heterocycles.